The number of carbonyl (C=O) groups excluding carboxylic acids is 1. The van der Waals surface area contributed by atoms with Crippen molar-refractivity contribution in [3.63, 3.8) is 0 Å². The van der Waals surface area contributed by atoms with E-state index in [1.54, 1.807) is 6.07 Å². The molecule has 0 atom stereocenters. The van der Waals surface area contributed by atoms with Gasteiger partial charge in [-0.2, -0.15) is 13.2 Å². The first kappa shape index (κ1) is 12.5. The molecular formula is C10H11F3N2O. The summed E-state index contributed by atoms with van der Waals surface area (Å²) in [5, 5.41) is 2.32. The van der Waals surface area contributed by atoms with E-state index in [2.05, 4.69) is 5.32 Å². The fraction of sp³-hybridized carbons (Fsp3) is 0.300. The maximum Gasteiger partial charge on any atom is 0.393 e. The molecule has 0 aliphatic heterocycles. The van der Waals surface area contributed by atoms with Crippen molar-refractivity contribution in [3.8, 4) is 0 Å². The normalized spacial score (nSPS) is 11.2. The van der Waals surface area contributed by atoms with E-state index in [1.807, 2.05) is 0 Å². The standard InChI is InChI=1S/C10H11F3N2O/c11-10(12,13)5-7-3-1-2-4-8(7)15-9(16)6-14/h1-4H,5-6,14H2,(H,15,16). The third kappa shape index (κ3) is 3.90. The van der Waals surface area contributed by atoms with E-state index in [4.69, 9.17) is 5.73 Å². The zero-order valence-electron chi connectivity index (χ0n) is 8.34. The summed E-state index contributed by atoms with van der Waals surface area (Å²) < 4.78 is 36.6. The number of amides is 1. The summed E-state index contributed by atoms with van der Waals surface area (Å²) in [6, 6.07) is 5.76. The van der Waals surface area contributed by atoms with Crippen molar-refractivity contribution in [1.82, 2.24) is 0 Å². The van der Waals surface area contributed by atoms with Gasteiger partial charge in [0.15, 0.2) is 0 Å². The summed E-state index contributed by atoms with van der Waals surface area (Å²) in [6.45, 7) is -0.264. The largest absolute Gasteiger partial charge is 0.393 e. The number of anilines is 1. The van der Waals surface area contributed by atoms with Gasteiger partial charge < -0.3 is 11.1 Å². The van der Waals surface area contributed by atoms with E-state index in [-0.39, 0.29) is 17.8 Å². The highest BCUT2D eigenvalue weighted by atomic mass is 19.4. The second-order valence-corrected chi connectivity index (χ2v) is 3.20. The highest BCUT2D eigenvalue weighted by Gasteiger charge is 2.28. The Morgan fingerprint density at radius 2 is 1.94 bits per heavy atom. The number of carbonyl (C=O) groups is 1. The van der Waals surface area contributed by atoms with Crippen molar-refractivity contribution in [3.05, 3.63) is 29.8 Å². The topological polar surface area (TPSA) is 55.1 Å². The van der Waals surface area contributed by atoms with Crippen molar-refractivity contribution in [2.75, 3.05) is 11.9 Å². The maximum absolute atomic E-state index is 12.2. The zero-order chi connectivity index (χ0) is 12.2. The van der Waals surface area contributed by atoms with Gasteiger partial charge in [-0.05, 0) is 11.6 Å². The lowest BCUT2D eigenvalue weighted by molar-refractivity contribution is -0.127. The average Bonchev–Trinajstić information content (AvgIpc) is 2.18. The SMILES string of the molecule is NCC(=O)Nc1ccccc1CC(F)(F)F. The Kier molecular flexibility index (Phi) is 3.89. The van der Waals surface area contributed by atoms with Crippen LogP contribution in [0.4, 0.5) is 18.9 Å². The summed E-state index contributed by atoms with van der Waals surface area (Å²) in [6.07, 6.45) is -5.38. The Morgan fingerprint density at radius 1 is 1.31 bits per heavy atom. The van der Waals surface area contributed by atoms with E-state index < -0.39 is 18.5 Å². The fourth-order valence-corrected chi connectivity index (χ4v) is 1.21. The molecule has 16 heavy (non-hydrogen) atoms. The number of benzene rings is 1. The zero-order valence-corrected chi connectivity index (χ0v) is 8.34. The molecule has 6 heteroatoms. The number of rotatable bonds is 3. The summed E-state index contributed by atoms with van der Waals surface area (Å²) >= 11 is 0. The van der Waals surface area contributed by atoms with Crippen LogP contribution in [-0.4, -0.2) is 18.6 Å². The molecule has 0 saturated heterocycles. The molecule has 0 aromatic heterocycles. The molecule has 0 fully saturated rings. The Balaban J connectivity index is 2.87. The Bertz CT molecular complexity index is 377. The molecule has 3 nitrogen and oxygen atoms in total. The molecule has 3 N–H and O–H groups in total. The maximum atomic E-state index is 12.2. The molecular weight excluding hydrogens is 221 g/mol. The predicted molar refractivity (Wildman–Crippen MR) is 53.9 cm³/mol. The first-order valence-electron chi connectivity index (χ1n) is 4.57. The van der Waals surface area contributed by atoms with Gasteiger partial charge >= 0.3 is 6.18 Å². The molecule has 0 unspecified atom stereocenters. The number of hydrogen-bond acceptors (Lipinski definition) is 2. The third-order valence-corrected chi connectivity index (χ3v) is 1.87. The van der Waals surface area contributed by atoms with Gasteiger partial charge in [-0.15, -0.1) is 0 Å². The first-order valence-corrected chi connectivity index (χ1v) is 4.57. The molecule has 0 bridgehead atoms. The van der Waals surface area contributed by atoms with Crippen LogP contribution in [0.1, 0.15) is 5.56 Å². The number of alkyl halides is 3. The van der Waals surface area contributed by atoms with Crippen LogP contribution < -0.4 is 11.1 Å². The lowest BCUT2D eigenvalue weighted by Gasteiger charge is -2.12. The lowest BCUT2D eigenvalue weighted by atomic mass is 10.1. The van der Waals surface area contributed by atoms with E-state index in [9.17, 15) is 18.0 Å². The lowest BCUT2D eigenvalue weighted by Crippen LogP contribution is -2.23. The summed E-state index contributed by atoms with van der Waals surface area (Å²) in [5.41, 5.74) is 5.24. The van der Waals surface area contributed by atoms with Crippen LogP contribution in [0.5, 0.6) is 0 Å². The molecule has 0 radical (unpaired) electrons. The Hall–Kier alpha value is -1.56. The van der Waals surface area contributed by atoms with Crippen molar-refractivity contribution < 1.29 is 18.0 Å². The Morgan fingerprint density at radius 3 is 2.50 bits per heavy atom. The third-order valence-electron chi connectivity index (χ3n) is 1.87. The van der Waals surface area contributed by atoms with Crippen LogP contribution >= 0.6 is 0 Å². The van der Waals surface area contributed by atoms with Crippen molar-refractivity contribution in [2.45, 2.75) is 12.6 Å². The van der Waals surface area contributed by atoms with Crippen LogP contribution in [0, 0.1) is 0 Å². The number of hydrogen-bond donors (Lipinski definition) is 2. The molecule has 0 aliphatic carbocycles. The fourth-order valence-electron chi connectivity index (χ4n) is 1.21. The van der Waals surface area contributed by atoms with Gasteiger partial charge in [0.2, 0.25) is 5.91 Å². The molecule has 0 aliphatic rings. The number of halogens is 3. The predicted octanol–water partition coefficient (Wildman–Crippen LogP) is 1.69. The van der Waals surface area contributed by atoms with Crippen molar-refractivity contribution in [1.29, 1.82) is 0 Å². The van der Waals surface area contributed by atoms with Crippen LogP contribution in [0.3, 0.4) is 0 Å². The molecule has 88 valence electrons. The quantitative estimate of drug-likeness (QED) is 0.833. The van der Waals surface area contributed by atoms with Crippen molar-refractivity contribution >= 4 is 11.6 Å². The van der Waals surface area contributed by atoms with Gasteiger partial charge in [0.25, 0.3) is 0 Å². The van der Waals surface area contributed by atoms with Gasteiger partial charge in [-0.3, -0.25) is 4.79 Å². The molecule has 1 aromatic carbocycles. The molecule has 1 amide bonds. The first-order chi connectivity index (χ1) is 7.42. The minimum absolute atomic E-state index is 0.0248. The van der Waals surface area contributed by atoms with Crippen LogP contribution in [0.25, 0.3) is 0 Å². The summed E-state index contributed by atoms with van der Waals surface area (Å²) in [5.74, 6) is -0.519. The second-order valence-electron chi connectivity index (χ2n) is 3.20. The summed E-state index contributed by atoms with van der Waals surface area (Å²) in [4.78, 5) is 11.0. The van der Waals surface area contributed by atoms with E-state index in [0.717, 1.165) is 0 Å². The highest BCUT2D eigenvalue weighted by Crippen LogP contribution is 2.25. The second kappa shape index (κ2) is 4.98. The smallest absolute Gasteiger partial charge is 0.325 e. The number of nitrogens with one attached hydrogen (secondary N) is 1. The van der Waals surface area contributed by atoms with E-state index in [0.29, 0.717) is 0 Å². The molecule has 0 spiro atoms. The van der Waals surface area contributed by atoms with Crippen LogP contribution in [0.15, 0.2) is 24.3 Å². The Labute approximate surface area is 90.4 Å². The molecule has 1 aromatic rings. The van der Waals surface area contributed by atoms with Gasteiger partial charge in [-0.25, -0.2) is 0 Å². The van der Waals surface area contributed by atoms with E-state index in [1.165, 1.54) is 18.2 Å². The minimum Gasteiger partial charge on any atom is -0.325 e. The average molecular weight is 232 g/mol. The molecule has 0 heterocycles. The minimum atomic E-state index is -4.30. The number of para-hydroxylation sites is 1. The summed E-state index contributed by atoms with van der Waals surface area (Å²) in [7, 11) is 0. The highest BCUT2D eigenvalue weighted by molar-refractivity contribution is 5.92. The van der Waals surface area contributed by atoms with E-state index >= 15 is 0 Å². The van der Waals surface area contributed by atoms with Gasteiger partial charge in [0.1, 0.15) is 0 Å². The van der Waals surface area contributed by atoms with Gasteiger partial charge in [-0.1, -0.05) is 18.2 Å². The molecule has 1 rings (SSSR count). The monoisotopic (exact) mass is 232 g/mol. The van der Waals surface area contributed by atoms with Crippen molar-refractivity contribution in [2.24, 2.45) is 5.73 Å². The van der Waals surface area contributed by atoms with Crippen LogP contribution in [-0.2, 0) is 11.2 Å². The van der Waals surface area contributed by atoms with Gasteiger partial charge in [0, 0.05) is 5.69 Å². The van der Waals surface area contributed by atoms with Crippen LogP contribution in [0.2, 0.25) is 0 Å². The van der Waals surface area contributed by atoms with Gasteiger partial charge in [0.05, 0.1) is 13.0 Å². The molecule has 0 saturated carbocycles. The number of nitrogens with two attached hydrogens (primary N) is 1.